The lowest BCUT2D eigenvalue weighted by molar-refractivity contribution is -0.120. The molecule has 0 atom stereocenters. The molecule has 0 saturated heterocycles. The van der Waals surface area contributed by atoms with Crippen LogP contribution in [0.25, 0.3) is 0 Å². The number of hydrogen-bond donors (Lipinski definition) is 3. The second-order valence-corrected chi connectivity index (χ2v) is 5.92. The summed E-state index contributed by atoms with van der Waals surface area (Å²) in [6.07, 6.45) is 0.615. The van der Waals surface area contributed by atoms with E-state index in [1.807, 2.05) is 0 Å². The fraction of sp³-hybridized carbons (Fsp3) is 0.467. The number of primary amides is 1. The van der Waals surface area contributed by atoms with Gasteiger partial charge in [0.15, 0.2) is 0 Å². The van der Waals surface area contributed by atoms with Gasteiger partial charge in [-0.25, -0.2) is 9.18 Å². The summed E-state index contributed by atoms with van der Waals surface area (Å²) in [5.41, 5.74) is 5.27. The van der Waals surface area contributed by atoms with Crippen LogP contribution in [-0.4, -0.2) is 31.2 Å². The first-order valence-electron chi connectivity index (χ1n) is 7.32. The summed E-state index contributed by atoms with van der Waals surface area (Å²) in [4.78, 5) is 22.2. The van der Waals surface area contributed by atoms with E-state index in [1.165, 1.54) is 6.07 Å². The minimum absolute atomic E-state index is 0.0348. The maximum Gasteiger partial charge on any atom is 0.404 e. The molecule has 0 bridgehead atoms. The number of nitrogens with two attached hydrogens (primary N) is 1. The van der Waals surface area contributed by atoms with E-state index in [0.717, 1.165) is 12.8 Å². The van der Waals surface area contributed by atoms with Gasteiger partial charge in [0.05, 0.1) is 11.6 Å². The molecule has 1 aromatic rings. The van der Waals surface area contributed by atoms with E-state index in [0.29, 0.717) is 18.0 Å². The molecule has 1 aliphatic carbocycles. The molecule has 1 aliphatic rings. The van der Waals surface area contributed by atoms with Crippen LogP contribution in [0.5, 0.6) is 0 Å². The first-order chi connectivity index (χ1) is 11.0. The predicted molar refractivity (Wildman–Crippen MR) is 83.3 cm³/mol. The molecule has 0 radical (unpaired) electrons. The van der Waals surface area contributed by atoms with Crippen molar-refractivity contribution >= 4 is 23.6 Å². The Morgan fingerprint density at radius 3 is 2.83 bits per heavy atom. The van der Waals surface area contributed by atoms with Gasteiger partial charge in [-0.05, 0) is 31.4 Å². The molecule has 0 spiro atoms. The van der Waals surface area contributed by atoms with Crippen LogP contribution >= 0.6 is 11.6 Å². The second-order valence-electron chi connectivity index (χ2n) is 5.52. The third-order valence-corrected chi connectivity index (χ3v) is 3.99. The Bertz CT molecular complexity index is 579. The summed E-state index contributed by atoms with van der Waals surface area (Å²) in [6, 6.07) is 4.66. The van der Waals surface area contributed by atoms with Crippen LogP contribution in [0.1, 0.15) is 18.4 Å². The van der Waals surface area contributed by atoms with Crippen LogP contribution < -0.4 is 16.4 Å². The number of nitrogens with one attached hydrogen (secondary N) is 2. The Kier molecular flexibility index (Phi) is 6.18. The monoisotopic (exact) mass is 343 g/mol. The smallest absolute Gasteiger partial charge is 0.404 e. The average molecular weight is 344 g/mol. The van der Waals surface area contributed by atoms with Crippen LogP contribution in [0, 0.1) is 11.7 Å². The van der Waals surface area contributed by atoms with Crippen LogP contribution in [0.2, 0.25) is 5.02 Å². The molecule has 6 nitrogen and oxygen atoms in total. The van der Waals surface area contributed by atoms with Gasteiger partial charge < -0.3 is 21.1 Å². The number of halogens is 2. The van der Waals surface area contributed by atoms with Gasteiger partial charge in [-0.3, -0.25) is 4.79 Å². The molecule has 0 aromatic heterocycles. The minimum atomic E-state index is -0.756. The van der Waals surface area contributed by atoms with Crippen molar-refractivity contribution in [2.45, 2.75) is 25.5 Å². The lowest BCUT2D eigenvalue weighted by Gasteiger charge is -2.34. The van der Waals surface area contributed by atoms with Gasteiger partial charge in [0, 0.05) is 12.1 Å². The molecule has 0 heterocycles. The van der Waals surface area contributed by atoms with Gasteiger partial charge in [-0.15, -0.1) is 0 Å². The van der Waals surface area contributed by atoms with Crippen molar-refractivity contribution in [2.24, 2.45) is 11.7 Å². The molecular weight excluding hydrogens is 325 g/mol. The quantitative estimate of drug-likeness (QED) is 0.700. The van der Waals surface area contributed by atoms with Crippen LogP contribution in [0.3, 0.4) is 0 Å². The highest BCUT2D eigenvalue weighted by Gasteiger charge is 2.31. The Morgan fingerprint density at radius 1 is 1.39 bits per heavy atom. The van der Waals surface area contributed by atoms with Gasteiger partial charge in [-0.1, -0.05) is 23.7 Å². The highest BCUT2D eigenvalue weighted by Crippen LogP contribution is 2.29. The Balaban J connectivity index is 1.59. The summed E-state index contributed by atoms with van der Waals surface area (Å²) in [5.74, 6) is -0.386. The van der Waals surface area contributed by atoms with E-state index in [-0.39, 0.29) is 30.1 Å². The molecule has 23 heavy (non-hydrogen) atoms. The first-order valence-corrected chi connectivity index (χ1v) is 7.70. The molecule has 2 amide bonds. The number of rotatable bonds is 7. The SMILES string of the molecule is NC(=O)OC1CC(CNCC(=O)NCc2cccc(Cl)c2F)C1. The van der Waals surface area contributed by atoms with Crippen LogP contribution in [0.4, 0.5) is 9.18 Å². The topological polar surface area (TPSA) is 93.5 Å². The largest absolute Gasteiger partial charge is 0.446 e. The molecule has 1 aromatic carbocycles. The third kappa shape index (κ3) is 5.37. The summed E-state index contributed by atoms with van der Waals surface area (Å²) in [5, 5.41) is 5.68. The van der Waals surface area contributed by atoms with E-state index >= 15 is 0 Å². The Labute approximate surface area is 138 Å². The zero-order valence-electron chi connectivity index (χ0n) is 12.5. The van der Waals surface area contributed by atoms with Gasteiger partial charge >= 0.3 is 6.09 Å². The van der Waals surface area contributed by atoms with Gasteiger partial charge in [0.2, 0.25) is 5.91 Å². The van der Waals surface area contributed by atoms with Gasteiger partial charge in [0.25, 0.3) is 0 Å². The molecule has 2 rings (SSSR count). The van der Waals surface area contributed by atoms with E-state index in [9.17, 15) is 14.0 Å². The highest BCUT2D eigenvalue weighted by molar-refractivity contribution is 6.30. The van der Waals surface area contributed by atoms with Crippen molar-refractivity contribution in [3.63, 3.8) is 0 Å². The molecule has 8 heteroatoms. The number of benzene rings is 1. The maximum atomic E-state index is 13.6. The predicted octanol–water partition coefficient (Wildman–Crippen LogP) is 1.56. The van der Waals surface area contributed by atoms with Crippen molar-refractivity contribution in [1.82, 2.24) is 10.6 Å². The number of carbonyl (C=O) groups excluding carboxylic acids is 2. The lowest BCUT2D eigenvalue weighted by Crippen LogP contribution is -2.42. The number of ether oxygens (including phenoxy) is 1. The molecule has 4 N–H and O–H groups in total. The summed E-state index contributed by atoms with van der Waals surface area (Å²) in [6.45, 7) is 0.877. The molecule has 126 valence electrons. The van der Waals surface area contributed by atoms with E-state index in [1.54, 1.807) is 12.1 Å². The van der Waals surface area contributed by atoms with E-state index in [4.69, 9.17) is 22.1 Å². The average Bonchev–Trinajstić information content (AvgIpc) is 2.45. The van der Waals surface area contributed by atoms with Crippen molar-refractivity contribution in [2.75, 3.05) is 13.1 Å². The molecule has 1 saturated carbocycles. The number of carbonyl (C=O) groups is 2. The van der Waals surface area contributed by atoms with E-state index in [2.05, 4.69) is 10.6 Å². The first kappa shape index (κ1) is 17.5. The molecule has 0 unspecified atom stereocenters. The van der Waals surface area contributed by atoms with Crippen molar-refractivity contribution in [3.05, 3.63) is 34.6 Å². The normalized spacial score (nSPS) is 19.7. The number of amides is 2. The molecular formula is C15H19ClFN3O3. The van der Waals surface area contributed by atoms with Crippen LogP contribution in [0.15, 0.2) is 18.2 Å². The third-order valence-electron chi connectivity index (χ3n) is 3.70. The summed E-state index contributed by atoms with van der Waals surface area (Å²) in [7, 11) is 0. The molecule has 1 fully saturated rings. The van der Waals surface area contributed by atoms with Gasteiger partial charge in [0.1, 0.15) is 11.9 Å². The maximum absolute atomic E-state index is 13.6. The zero-order chi connectivity index (χ0) is 16.8. The summed E-state index contributed by atoms with van der Waals surface area (Å²) >= 11 is 5.67. The van der Waals surface area contributed by atoms with Crippen molar-refractivity contribution < 1.29 is 18.7 Å². The van der Waals surface area contributed by atoms with Crippen LogP contribution in [-0.2, 0) is 16.1 Å². The zero-order valence-corrected chi connectivity index (χ0v) is 13.2. The standard InChI is InChI=1S/C15H19ClFN3O3/c16-12-3-1-2-10(14(12)17)7-20-13(21)8-19-6-9-4-11(5-9)23-15(18)22/h1-3,9,11,19H,4-8H2,(H2,18,22)(H,20,21). The Hall–Kier alpha value is -1.86. The molecule has 0 aliphatic heterocycles. The van der Waals surface area contributed by atoms with E-state index < -0.39 is 11.9 Å². The fourth-order valence-corrected chi connectivity index (χ4v) is 2.63. The minimum Gasteiger partial charge on any atom is -0.446 e. The lowest BCUT2D eigenvalue weighted by atomic mass is 9.82. The summed E-state index contributed by atoms with van der Waals surface area (Å²) < 4.78 is 18.5. The second kappa shape index (κ2) is 8.12. The Morgan fingerprint density at radius 2 is 2.13 bits per heavy atom. The van der Waals surface area contributed by atoms with Crippen molar-refractivity contribution in [1.29, 1.82) is 0 Å². The number of hydrogen-bond acceptors (Lipinski definition) is 4. The van der Waals surface area contributed by atoms with Crippen molar-refractivity contribution in [3.8, 4) is 0 Å². The van der Waals surface area contributed by atoms with Gasteiger partial charge in [-0.2, -0.15) is 0 Å². The fourth-order valence-electron chi connectivity index (χ4n) is 2.43. The highest BCUT2D eigenvalue weighted by atomic mass is 35.5.